The summed E-state index contributed by atoms with van der Waals surface area (Å²) in [4.78, 5) is 8.35. The van der Waals surface area contributed by atoms with E-state index in [1.54, 1.807) is 0 Å². The van der Waals surface area contributed by atoms with Gasteiger partial charge < -0.3 is 15.8 Å². The molecule has 1 fully saturated rings. The van der Waals surface area contributed by atoms with Crippen LogP contribution in [0.2, 0.25) is 0 Å². The van der Waals surface area contributed by atoms with E-state index >= 15 is 0 Å². The normalized spacial score (nSPS) is 19.1. The Hall–Kier alpha value is -1.52. The first-order valence-electron chi connectivity index (χ1n) is 7.41. The summed E-state index contributed by atoms with van der Waals surface area (Å²) in [5, 5.41) is 3.44. The zero-order chi connectivity index (χ0) is 14.8. The van der Waals surface area contributed by atoms with E-state index in [1.165, 1.54) is 19.2 Å². The van der Waals surface area contributed by atoms with E-state index in [0.29, 0.717) is 28.8 Å². The van der Waals surface area contributed by atoms with Crippen molar-refractivity contribution in [2.24, 2.45) is 5.41 Å². The van der Waals surface area contributed by atoms with E-state index in [-0.39, 0.29) is 6.10 Å². The molecule has 112 valence electrons. The Morgan fingerprint density at radius 2 is 1.95 bits per heavy atom. The third-order valence-electron chi connectivity index (χ3n) is 3.87. The highest BCUT2D eigenvalue weighted by molar-refractivity contribution is 5.66. The molecule has 0 saturated heterocycles. The van der Waals surface area contributed by atoms with Crippen molar-refractivity contribution >= 4 is 11.5 Å². The van der Waals surface area contributed by atoms with Gasteiger partial charge in [0.05, 0.1) is 6.10 Å². The average molecular weight is 278 g/mol. The number of anilines is 2. The van der Waals surface area contributed by atoms with Crippen LogP contribution in [0, 0.1) is 5.41 Å². The van der Waals surface area contributed by atoms with Gasteiger partial charge in [-0.05, 0) is 44.9 Å². The second-order valence-electron chi connectivity index (χ2n) is 6.69. The maximum Gasteiger partial charge on any atom is 0.242 e. The molecule has 1 heterocycles. The Balaban J connectivity index is 2.03. The molecule has 0 spiro atoms. The Labute approximate surface area is 121 Å². The minimum absolute atomic E-state index is 0.0514. The van der Waals surface area contributed by atoms with Crippen molar-refractivity contribution < 1.29 is 4.74 Å². The molecule has 5 nitrogen and oxygen atoms in total. The van der Waals surface area contributed by atoms with Crippen molar-refractivity contribution in [1.29, 1.82) is 0 Å². The molecule has 2 rings (SSSR count). The van der Waals surface area contributed by atoms with Crippen molar-refractivity contribution in [3.8, 4) is 5.88 Å². The number of rotatable bonds is 4. The largest absolute Gasteiger partial charge is 0.473 e. The number of nitrogens with zero attached hydrogens (tertiary/aromatic N) is 2. The number of hydrogen-bond acceptors (Lipinski definition) is 5. The van der Waals surface area contributed by atoms with Crippen LogP contribution in [0.1, 0.15) is 53.4 Å². The topological polar surface area (TPSA) is 73.1 Å². The van der Waals surface area contributed by atoms with Crippen LogP contribution in [0.4, 0.5) is 11.5 Å². The van der Waals surface area contributed by atoms with Gasteiger partial charge >= 0.3 is 0 Å². The fraction of sp³-hybridized carbons (Fsp3) is 0.733. The highest BCUT2D eigenvalue weighted by Gasteiger charge is 2.27. The summed E-state index contributed by atoms with van der Waals surface area (Å²) in [6, 6.07) is 0.437. The van der Waals surface area contributed by atoms with Gasteiger partial charge in [0.2, 0.25) is 5.88 Å². The molecular formula is C15H26N4O. The second-order valence-corrected chi connectivity index (χ2v) is 6.69. The number of nitrogens with one attached hydrogen (secondary N) is 1. The molecule has 0 aliphatic heterocycles. The molecule has 1 aromatic rings. The third kappa shape index (κ3) is 3.74. The zero-order valence-corrected chi connectivity index (χ0v) is 12.9. The number of hydrogen-bond donors (Lipinski definition) is 2. The molecule has 1 aliphatic carbocycles. The average Bonchev–Trinajstić information content (AvgIpc) is 2.36. The summed E-state index contributed by atoms with van der Waals surface area (Å²) in [6.07, 6.45) is 6.31. The van der Waals surface area contributed by atoms with Crippen LogP contribution in [-0.2, 0) is 0 Å². The summed E-state index contributed by atoms with van der Waals surface area (Å²) >= 11 is 0. The monoisotopic (exact) mass is 278 g/mol. The van der Waals surface area contributed by atoms with E-state index in [9.17, 15) is 0 Å². The van der Waals surface area contributed by atoms with Gasteiger partial charge in [0.25, 0.3) is 0 Å². The van der Waals surface area contributed by atoms with Gasteiger partial charge in [0.15, 0.2) is 5.82 Å². The molecule has 1 aromatic heterocycles. The molecule has 0 unspecified atom stereocenters. The lowest BCUT2D eigenvalue weighted by Crippen LogP contribution is -2.30. The van der Waals surface area contributed by atoms with Crippen LogP contribution in [0.25, 0.3) is 0 Å². The van der Waals surface area contributed by atoms with Crippen molar-refractivity contribution in [2.45, 2.75) is 65.5 Å². The van der Waals surface area contributed by atoms with Crippen LogP contribution >= 0.6 is 0 Å². The summed E-state index contributed by atoms with van der Waals surface area (Å²) in [6.45, 7) is 8.57. The van der Waals surface area contributed by atoms with Gasteiger partial charge in [-0.25, -0.2) is 4.98 Å². The minimum atomic E-state index is 0.0514. The standard InChI is InChI=1S/C15H26N4O/c1-10(2)20-14-12(16)13(17-9-18-14)19-11-5-7-15(3,4)8-6-11/h9-11H,5-8,16H2,1-4H3,(H,17,18,19). The highest BCUT2D eigenvalue weighted by atomic mass is 16.5. The molecule has 5 heteroatoms. The van der Waals surface area contributed by atoms with Crippen LogP contribution in [0.15, 0.2) is 6.33 Å². The van der Waals surface area contributed by atoms with E-state index in [2.05, 4.69) is 29.1 Å². The fourth-order valence-electron chi connectivity index (χ4n) is 2.55. The van der Waals surface area contributed by atoms with Crippen molar-refractivity contribution in [2.75, 3.05) is 11.1 Å². The van der Waals surface area contributed by atoms with Gasteiger partial charge in [0.1, 0.15) is 12.0 Å². The summed E-state index contributed by atoms with van der Waals surface area (Å²) < 4.78 is 5.59. The highest BCUT2D eigenvalue weighted by Crippen LogP contribution is 2.37. The molecular weight excluding hydrogens is 252 g/mol. The summed E-state index contributed by atoms with van der Waals surface area (Å²) in [5.41, 5.74) is 7.05. The molecule has 0 amide bonds. The van der Waals surface area contributed by atoms with Gasteiger partial charge in [-0.15, -0.1) is 0 Å². The van der Waals surface area contributed by atoms with E-state index in [4.69, 9.17) is 10.5 Å². The number of ether oxygens (including phenoxy) is 1. The van der Waals surface area contributed by atoms with Crippen molar-refractivity contribution in [3.05, 3.63) is 6.33 Å². The quantitative estimate of drug-likeness (QED) is 0.884. The predicted octanol–water partition coefficient (Wildman–Crippen LogP) is 3.23. The number of nitrogens with two attached hydrogens (primary N) is 1. The van der Waals surface area contributed by atoms with Crippen LogP contribution in [0.3, 0.4) is 0 Å². The second kappa shape index (κ2) is 5.85. The van der Waals surface area contributed by atoms with Crippen molar-refractivity contribution in [1.82, 2.24) is 9.97 Å². The maximum absolute atomic E-state index is 6.09. The van der Waals surface area contributed by atoms with Crippen molar-refractivity contribution in [3.63, 3.8) is 0 Å². The first-order chi connectivity index (χ1) is 9.37. The van der Waals surface area contributed by atoms with Gasteiger partial charge in [-0.1, -0.05) is 13.8 Å². The van der Waals surface area contributed by atoms with E-state index in [0.717, 1.165) is 12.8 Å². The Bertz CT molecular complexity index is 449. The maximum atomic E-state index is 6.09. The first kappa shape index (κ1) is 14.9. The lowest BCUT2D eigenvalue weighted by molar-refractivity contribution is 0.231. The Morgan fingerprint density at radius 1 is 1.30 bits per heavy atom. The molecule has 0 bridgehead atoms. The van der Waals surface area contributed by atoms with E-state index in [1.807, 2.05) is 13.8 Å². The SMILES string of the molecule is CC(C)Oc1ncnc(NC2CCC(C)(C)CC2)c1N. The number of nitrogen functional groups attached to an aromatic ring is 1. The predicted molar refractivity (Wildman–Crippen MR) is 81.9 cm³/mol. The van der Waals surface area contributed by atoms with Crippen LogP contribution in [-0.4, -0.2) is 22.1 Å². The molecule has 0 aromatic carbocycles. The molecule has 3 N–H and O–H groups in total. The Morgan fingerprint density at radius 3 is 2.55 bits per heavy atom. The molecule has 1 aliphatic rings. The molecule has 0 radical (unpaired) electrons. The minimum Gasteiger partial charge on any atom is -0.473 e. The summed E-state index contributed by atoms with van der Waals surface area (Å²) in [5.74, 6) is 1.16. The molecule has 0 atom stereocenters. The fourth-order valence-corrected chi connectivity index (χ4v) is 2.55. The van der Waals surface area contributed by atoms with Crippen LogP contribution < -0.4 is 15.8 Å². The van der Waals surface area contributed by atoms with Crippen LogP contribution in [0.5, 0.6) is 5.88 Å². The lowest BCUT2D eigenvalue weighted by atomic mass is 9.75. The zero-order valence-electron chi connectivity index (χ0n) is 12.9. The smallest absolute Gasteiger partial charge is 0.242 e. The van der Waals surface area contributed by atoms with E-state index < -0.39 is 0 Å². The van der Waals surface area contributed by atoms with Gasteiger partial charge in [0, 0.05) is 6.04 Å². The van der Waals surface area contributed by atoms with Gasteiger partial charge in [-0.3, -0.25) is 0 Å². The summed E-state index contributed by atoms with van der Waals surface area (Å²) in [7, 11) is 0. The first-order valence-corrected chi connectivity index (χ1v) is 7.41. The number of aromatic nitrogens is 2. The lowest BCUT2D eigenvalue weighted by Gasteiger charge is -2.35. The Kier molecular flexibility index (Phi) is 4.35. The third-order valence-corrected chi connectivity index (χ3v) is 3.87. The molecule has 1 saturated carbocycles. The van der Waals surface area contributed by atoms with Gasteiger partial charge in [-0.2, -0.15) is 4.98 Å². The molecule has 20 heavy (non-hydrogen) atoms.